The summed E-state index contributed by atoms with van der Waals surface area (Å²) in [5.74, 6) is 2.53. The van der Waals surface area contributed by atoms with Crippen molar-refractivity contribution in [2.45, 2.75) is 55.2 Å². The van der Waals surface area contributed by atoms with Crippen molar-refractivity contribution in [3.63, 3.8) is 0 Å². The van der Waals surface area contributed by atoms with Crippen LogP contribution < -0.4 is 0 Å². The summed E-state index contributed by atoms with van der Waals surface area (Å²) in [6.07, 6.45) is 28.4. The van der Waals surface area contributed by atoms with Crippen LogP contribution in [0, 0.1) is 23.7 Å². The predicted molar refractivity (Wildman–Crippen MR) is 138 cm³/mol. The van der Waals surface area contributed by atoms with Gasteiger partial charge in [0.25, 0.3) is 0 Å². The Bertz CT molecular complexity index is 1150. The minimum atomic E-state index is 0.166. The van der Waals surface area contributed by atoms with Gasteiger partial charge in [0.15, 0.2) is 0 Å². The van der Waals surface area contributed by atoms with Gasteiger partial charge in [0.2, 0.25) is 0 Å². The molecule has 0 aliphatic heterocycles. The lowest BCUT2D eigenvalue weighted by Gasteiger charge is -2.45. The summed E-state index contributed by atoms with van der Waals surface area (Å²) in [6, 6.07) is 9.49. The number of halogens is 1. The van der Waals surface area contributed by atoms with Crippen LogP contribution in [-0.2, 0) is 5.41 Å². The van der Waals surface area contributed by atoms with E-state index in [2.05, 4.69) is 88.8 Å². The molecular formula is C31H31Br. The van der Waals surface area contributed by atoms with Crippen LogP contribution in [0.4, 0.5) is 0 Å². The van der Waals surface area contributed by atoms with Crippen LogP contribution in [-0.4, -0.2) is 4.83 Å². The van der Waals surface area contributed by atoms with Gasteiger partial charge in [-0.1, -0.05) is 99.9 Å². The molecule has 1 aromatic carbocycles. The summed E-state index contributed by atoms with van der Waals surface area (Å²) >= 11 is 4.00. The highest BCUT2D eigenvalue weighted by atomic mass is 79.9. The van der Waals surface area contributed by atoms with Gasteiger partial charge in [0, 0.05) is 22.1 Å². The summed E-state index contributed by atoms with van der Waals surface area (Å²) in [6.45, 7) is 0. The Hall–Kier alpha value is -1.86. The lowest BCUT2D eigenvalue weighted by Crippen LogP contribution is -2.42. The number of alkyl halides is 1. The molecule has 6 aliphatic rings. The van der Waals surface area contributed by atoms with Gasteiger partial charge in [-0.15, -0.1) is 0 Å². The van der Waals surface area contributed by atoms with E-state index in [1.54, 1.807) is 33.4 Å². The minimum Gasteiger partial charge on any atom is -0.0845 e. The number of fused-ring (bicyclic) bond motifs is 9. The van der Waals surface area contributed by atoms with Crippen LogP contribution in [0.25, 0.3) is 5.57 Å². The molecule has 0 radical (unpaired) electrons. The Kier molecular flexibility index (Phi) is 4.48. The molecule has 0 amide bonds. The second kappa shape index (κ2) is 7.32. The third kappa shape index (κ3) is 2.55. The van der Waals surface area contributed by atoms with E-state index < -0.39 is 0 Å². The predicted octanol–water partition coefficient (Wildman–Crippen LogP) is 8.24. The minimum absolute atomic E-state index is 0.166. The molecule has 6 unspecified atom stereocenters. The number of allylic oxidation sites excluding steroid dienone is 12. The monoisotopic (exact) mass is 482 g/mol. The van der Waals surface area contributed by atoms with Crippen molar-refractivity contribution in [1.29, 1.82) is 0 Å². The zero-order chi connectivity index (χ0) is 21.3. The number of benzene rings is 1. The average Bonchev–Trinajstić information content (AvgIpc) is 3.31. The van der Waals surface area contributed by atoms with E-state index in [4.69, 9.17) is 0 Å². The maximum absolute atomic E-state index is 4.00. The third-order valence-corrected chi connectivity index (χ3v) is 10.0. The summed E-state index contributed by atoms with van der Waals surface area (Å²) in [5.41, 5.74) is 10.2. The van der Waals surface area contributed by atoms with Gasteiger partial charge in [-0.05, 0) is 79.1 Å². The SMILES string of the molecule is BrC1C=CC2C3=C(C=C(C4C=CC=CC4)CC3)C3(c4ccccc4C4=CCCCC43)C2C1. The smallest absolute Gasteiger partial charge is 0.0329 e. The highest BCUT2D eigenvalue weighted by Crippen LogP contribution is 2.69. The van der Waals surface area contributed by atoms with E-state index in [9.17, 15) is 0 Å². The first-order valence-corrected chi connectivity index (χ1v) is 13.6. The molecule has 162 valence electrons. The lowest BCUT2D eigenvalue weighted by atomic mass is 9.58. The Morgan fingerprint density at radius 3 is 2.84 bits per heavy atom. The molecule has 1 aromatic rings. The normalized spacial score (nSPS) is 38.8. The van der Waals surface area contributed by atoms with E-state index in [1.807, 2.05) is 0 Å². The molecule has 0 nitrogen and oxygen atoms in total. The number of hydrogen-bond donors (Lipinski definition) is 0. The second-order valence-electron chi connectivity index (χ2n) is 10.6. The van der Waals surface area contributed by atoms with Crippen molar-refractivity contribution in [3.05, 3.63) is 101 Å². The fourth-order valence-electron chi connectivity index (χ4n) is 8.24. The fourth-order valence-corrected chi connectivity index (χ4v) is 8.81. The first kappa shape index (κ1) is 19.6. The topological polar surface area (TPSA) is 0 Å². The summed E-state index contributed by atoms with van der Waals surface area (Å²) in [4.78, 5) is 0.501. The van der Waals surface area contributed by atoms with Gasteiger partial charge in [-0.3, -0.25) is 0 Å². The first-order chi connectivity index (χ1) is 15.8. The molecule has 0 bridgehead atoms. The molecule has 1 heteroatoms. The maximum atomic E-state index is 4.00. The van der Waals surface area contributed by atoms with Gasteiger partial charge >= 0.3 is 0 Å². The zero-order valence-electron chi connectivity index (χ0n) is 18.6. The Morgan fingerprint density at radius 1 is 1.00 bits per heavy atom. The van der Waals surface area contributed by atoms with Crippen molar-refractivity contribution in [3.8, 4) is 0 Å². The fraction of sp³-hybridized carbons (Fsp3) is 0.419. The molecule has 0 saturated carbocycles. The number of hydrogen-bond acceptors (Lipinski definition) is 0. The molecule has 6 aliphatic carbocycles. The number of rotatable bonds is 1. The Balaban J connectivity index is 1.48. The lowest BCUT2D eigenvalue weighted by molar-refractivity contribution is 0.226. The molecule has 32 heavy (non-hydrogen) atoms. The molecular weight excluding hydrogens is 452 g/mol. The standard InChI is InChI=1S/C31H31Br/c32-22-15-17-26-25-16-14-21(20-8-2-1-3-9-20)18-29(25)31(30(26)19-22)27-12-6-4-10-23(27)24-11-5-7-13-28(24)31/h1-4,6,8,10-12,15,17-18,20,22,26,28,30H,5,7,9,13-14,16,19H2. The van der Waals surface area contributed by atoms with Gasteiger partial charge in [0.1, 0.15) is 0 Å². The molecule has 0 heterocycles. The van der Waals surface area contributed by atoms with Gasteiger partial charge in [-0.25, -0.2) is 0 Å². The highest BCUT2D eigenvalue weighted by molar-refractivity contribution is 9.09. The van der Waals surface area contributed by atoms with E-state index in [0.717, 1.165) is 0 Å². The van der Waals surface area contributed by atoms with E-state index in [1.165, 1.54) is 44.9 Å². The van der Waals surface area contributed by atoms with Crippen LogP contribution in [0.3, 0.4) is 0 Å². The molecule has 0 aromatic heterocycles. The summed E-state index contributed by atoms with van der Waals surface area (Å²) in [5, 5.41) is 0. The molecule has 0 fully saturated rings. The van der Waals surface area contributed by atoms with Gasteiger partial charge < -0.3 is 0 Å². The van der Waals surface area contributed by atoms with Crippen LogP contribution >= 0.6 is 15.9 Å². The largest absolute Gasteiger partial charge is 0.0845 e. The Labute approximate surface area is 200 Å². The van der Waals surface area contributed by atoms with Crippen LogP contribution in [0.15, 0.2) is 89.6 Å². The van der Waals surface area contributed by atoms with E-state index >= 15 is 0 Å². The zero-order valence-corrected chi connectivity index (χ0v) is 20.2. The quantitative estimate of drug-likeness (QED) is 0.279. The summed E-state index contributed by atoms with van der Waals surface area (Å²) < 4.78 is 0. The molecule has 0 saturated heterocycles. The van der Waals surface area contributed by atoms with Crippen molar-refractivity contribution in [2.75, 3.05) is 0 Å². The van der Waals surface area contributed by atoms with E-state index in [-0.39, 0.29) is 5.41 Å². The van der Waals surface area contributed by atoms with Crippen LogP contribution in [0.1, 0.15) is 56.1 Å². The molecule has 6 atom stereocenters. The van der Waals surface area contributed by atoms with Gasteiger partial charge in [0.05, 0.1) is 0 Å². The van der Waals surface area contributed by atoms with Gasteiger partial charge in [-0.2, -0.15) is 0 Å². The average molecular weight is 483 g/mol. The molecule has 1 spiro atoms. The van der Waals surface area contributed by atoms with Crippen molar-refractivity contribution in [2.24, 2.45) is 23.7 Å². The highest BCUT2D eigenvalue weighted by Gasteiger charge is 2.62. The molecule has 7 rings (SSSR count). The second-order valence-corrected chi connectivity index (χ2v) is 11.8. The Morgan fingerprint density at radius 2 is 1.94 bits per heavy atom. The van der Waals surface area contributed by atoms with Crippen LogP contribution in [0.2, 0.25) is 0 Å². The maximum Gasteiger partial charge on any atom is 0.0329 e. The summed E-state index contributed by atoms with van der Waals surface area (Å²) in [7, 11) is 0. The van der Waals surface area contributed by atoms with Crippen LogP contribution in [0.5, 0.6) is 0 Å². The van der Waals surface area contributed by atoms with Crippen molar-refractivity contribution >= 4 is 21.5 Å². The first-order valence-electron chi connectivity index (χ1n) is 12.7. The van der Waals surface area contributed by atoms with Crippen molar-refractivity contribution < 1.29 is 0 Å². The molecule has 0 N–H and O–H groups in total. The third-order valence-electron chi connectivity index (χ3n) is 9.36. The van der Waals surface area contributed by atoms with Crippen molar-refractivity contribution in [1.82, 2.24) is 0 Å². The van der Waals surface area contributed by atoms with E-state index in [0.29, 0.717) is 28.5 Å².